The van der Waals surface area contributed by atoms with E-state index in [9.17, 15) is 15.0 Å². The number of unbranched alkanes of at least 4 members (excludes halogenated alkanes) is 14. The van der Waals surface area contributed by atoms with E-state index in [-0.39, 0.29) is 17.2 Å². The Morgan fingerprint density at radius 1 is 0.538 bits per heavy atom. The standard InChI is InChI=1S/C33H58O6/c1-5-9-11-13-15-17-19-21-25-37-30-28(24-8-4)27(23-7-3)29(34)31(39-33(35)36)32(30)38-26-22-20-18-16-14-12-10-6-2/h34H,5-26H2,1-4H3,(H,35,36). The molecule has 6 heteroatoms. The van der Waals surface area contributed by atoms with Crippen molar-refractivity contribution < 1.29 is 29.2 Å². The summed E-state index contributed by atoms with van der Waals surface area (Å²) >= 11 is 0. The van der Waals surface area contributed by atoms with E-state index < -0.39 is 6.16 Å². The first-order chi connectivity index (χ1) is 19.0. The van der Waals surface area contributed by atoms with Crippen LogP contribution < -0.4 is 14.2 Å². The molecule has 1 rings (SSSR count). The third kappa shape index (κ3) is 14.2. The highest BCUT2D eigenvalue weighted by atomic mass is 16.7. The minimum Gasteiger partial charge on any atom is -0.504 e. The number of carboxylic acid groups (broad SMARTS) is 1. The fraction of sp³-hybridized carbons (Fsp3) is 0.788. The predicted octanol–water partition coefficient (Wildman–Crippen LogP) is 10.4. The van der Waals surface area contributed by atoms with Crippen molar-refractivity contribution in [2.75, 3.05) is 13.2 Å². The van der Waals surface area contributed by atoms with E-state index >= 15 is 0 Å². The summed E-state index contributed by atoms with van der Waals surface area (Å²) in [7, 11) is 0. The highest BCUT2D eigenvalue weighted by Gasteiger charge is 2.28. The molecule has 0 aliphatic carbocycles. The van der Waals surface area contributed by atoms with Crippen molar-refractivity contribution in [2.24, 2.45) is 0 Å². The summed E-state index contributed by atoms with van der Waals surface area (Å²) in [6.45, 7) is 9.56. The van der Waals surface area contributed by atoms with Crippen LogP contribution in [0.3, 0.4) is 0 Å². The van der Waals surface area contributed by atoms with Gasteiger partial charge < -0.3 is 24.4 Å². The van der Waals surface area contributed by atoms with Crippen molar-refractivity contribution in [2.45, 2.75) is 156 Å². The first-order valence-electron chi connectivity index (χ1n) is 16.1. The molecule has 0 spiro atoms. The zero-order valence-electron chi connectivity index (χ0n) is 25.6. The third-order valence-corrected chi connectivity index (χ3v) is 7.23. The van der Waals surface area contributed by atoms with Crippen molar-refractivity contribution >= 4 is 6.16 Å². The Morgan fingerprint density at radius 3 is 1.38 bits per heavy atom. The first kappa shape index (κ1) is 34.9. The van der Waals surface area contributed by atoms with Crippen LogP contribution in [0.4, 0.5) is 4.79 Å². The molecule has 1 aromatic rings. The van der Waals surface area contributed by atoms with Crippen LogP contribution >= 0.6 is 0 Å². The topological polar surface area (TPSA) is 85.2 Å². The number of carbonyl (C=O) groups is 1. The van der Waals surface area contributed by atoms with Gasteiger partial charge in [0.2, 0.25) is 11.5 Å². The molecule has 1 aromatic carbocycles. The Morgan fingerprint density at radius 2 is 0.949 bits per heavy atom. The lowest BCUT2D eigenvalue weighted by atomic mass is 9.96. The van der Waals surface area contributed by atoms with Crippen LogP contribution in [-0.4, -0.2) is 29.6 Å². The van der Waals surface area contributed by atoms with Gasteiger partial charge in [-0.1, -0.05) is 130 Å². The van der Waals surface area contributed by atoms with Crippen molar-refractivity contribution in [3.8, 4) is 23.0 Å². The lowest BCUT2D eigenvalue weighted by Gasteiger charge is -2.23. The molecule has 0 bridgehead atoms. The molecule has 0 atom stereocenters. The minimum absolute atomic E-state index is 0.128. The maximum atomic E-state index is 11.6. The monoisotopic (exact) mass is 550 g/mol. The lowest BCUT2D eigenvalue weighted by Crippen LogP contribution is -2.12. The van der Waals surface area contributed by atoms with Crippen LogP contribution in [0.2, 0.25) is 0 Å². The Bertz CT molecular complexity index is 776. The number of benzene rings is 1. The summed E-state index contributed by atoms with van der Waals surface area (Å²) in [5.41, 5.74) is 1.63. The number of aromatic hydroxyl groups is 1. The van der Waals surface area contributed by atoms with Gasteiger partial charge in [0.15, 0.2) is 11.5 Å². The summed E-state index contributed by atoms with van der Waals surface area (Å²) in [5.74, 6) is 0.530. The molecular weight excluding hydrogens is 492 g/mol. The van der Waals surface area contributed by atoms with Gasteiger partial charge in [0.05, 0.1) is 13.2 Å². The smallest absolute Gasteiger partial charge is 0.504 e. The zero-order valence-corrected chi connectivity index (χ0v) is 25.6. The average molecular weight is 551 g/mol. The van der Waals surface area contributed by atoms with Gasteiger partial charge in [-0.2, -0.15) is 0 Å². The van der Waals surface area contributed by atoms with E-state index in [4.69, 9.17) is 14.2 Å². The summed E-state index contributed by atoms with van der Waals surface area (Å²) in [6.07, 6.45) is 20.6. The van der Waals surface area contributed by atoms with Gasteiger partial charge in [-0.25, -0.2) is 4.79 Å². The van der Waals surface area contributed by atoms with Crippen LogP contribution in [0, 0.1) is 0 Å². The number of ether oxygens (including phenoxy) is 3. The third-order valence-electron chi connectivity index (χ3n) is 7.23. The lowest BCUT2D eigenvalue weighted by molar-refractivity contribution is 0.139. The van der Waals surface area contributed by atoms with Crippen LogP contribution in [0.1, 0.15) is 154 Å². The second-order valence-electron chi connectivity index (χ2n) is 10.8. The molecule has 0 radical (unpaired) electrons. The molecule has 0 saturated heterocycles. The second-order valence-corrected chi connectivity index (χ2v) is 10.8. The largest absolute Gasteiger partial charge is 0.511 e. The van der Waals surface area contributed by atoms with E-state index in [0.29, 0.717) is 30.9 Å². The molecule has 0 saturated carbocycles. The van der Waals surface area contributed by atoms with E-state index in [1.807, 2.05) is 6.92 Å². The van der Waals surface area contributed by atoms with E-state index in [0.717, 1.165) is 56.9 Å². The average Bonchev–Trinajstić information content (AvgIpc) is 2.91. The molecule has 0 unspecified atom stereocenters. The van der Waals surface area contributed by atoms with Crippen LogP contribution in [0.25, 0.3) is 0 Å². The fourth-order valence-corrected chi connectivity index (χ4v) is 5.08. The highest BCUT2D eigenvalue weighted by Crippen LogP contribution is 2.50. The summed E-state index contributed by atoms with van der Waals surface area (Å²) in [6, 6.07) is 0. The summed E-state index contributed by atoms with van der Waals surface area (Å²) < 4.78 is 17.7. The van der Waals surface area contributed by atoms with Crippen molar-refractivity contribution in [1.29, 1.82) is 0 Å². The Balaban J connectivity index is 3.00. The quantitative estimate of drug-likeness (QED) is 0.0715. The molecule has 0 aliphatic rings. The molecule has 0 aromatic heterocycles. The maximum absolute atomic E-state index is 11.6. The van der Waals surface area contributed by atoms with Crippen LogP contribution in [0.15, 0.2) is 0 Å². The molecule has 226 valence electrons. The normalized spacial score (nSPS) is 11.1. The Hall–Kier alpha value is -2.11. The zero-order chi connectivity index (χ0) is 28.7. The van der Waals surface area contributed by atoms with Gasteiger partial charge in [0, 0.05) is 11.1 Å². The highest BCUT2D eigenvalue weighted by molar-refractivity contribution is 5.72. The van der Waals surface area contributed by atoms with Gasteiger partial charge in [-0.3, -0.25) is 0 Å². The van der Waals surface area contributed by atoms with Gasteiger partial charge in [0.1, 0.15) is 0 Å². The van der Waals surface area contributed by atoms with Gasteiger partial charge in [0.25, 0.3) is 0 Å². The number of hydrogen-bond acceptors (Lipinski definition) is 5. The molecule has 0 amide bonds. The minimum atomic E-state index is -1.47. The van der Waals surface area contributed by atoms with Crippen LogP contribution in [0.5, 0.6) is 23.0 Å². The molecule has 0 fully saturated rings. The van der Waals surface area contributed by atoms with E-state index in [2.05, 4.69) is 20.8 Å². The van der Waals surface area contributed by atoms with Crippen molar-refractivity contribution in [3.63, 3.8) is 0 Å². The fourth-order valence-electron chi connectivity index (χ4n) is 5.08. The molecule has 0 heterocycles. The number of hydrogen-bond donors (Lipinski definition) is 2. The number of phenolic OH excluding ortho intramolecular Hbond substituents is 1. The second kappa shape index (κ2) is 22.7. The summed E-state index contributed by atoms with van der Waals surface area (Å²) in [5, 5.41) is 20.6. The van der Waals surface area contributed by atoms with Crippen molar-refractivity contribution in [1.82, 2.24) is 0 Å². The van der Waals surface area contributed by atoms with Gasteiger partial charge in [-0.05, 0) is 25.7 Å². The summed E-state index contributed by atoms with van der Waals surface area (Å²) in [4.78, 5) is 11.6. The van der Waals surface area contributed by atoms with E-state index in [1.165, 1.54) is 70.6 Å². The van der Waals surface area contributed by atoms with Crippen molar-refractivity contribution in [3.05, 3.63) is 11.1 Å². The molecule has 39 heavy (non-hydrogen) atoms. The number of phenols is 1. The molecule has 0 aliphatic heterocycles. The maximum Gasteiger partial charge on any atom is 0.511 e. The molecule has 6 nitrogen and oxygen atoms in total. The SMILES string of the molecule is CCCCCCCCCCOc1c(CCC)c(CCC)c(O)c(OC(=O)O)c1OCCCCCCCCCC. The molecule has 2 N–H and O–H groups in total. The Kier molecular flexibility index (Phi) is 20.3. The predicted molar refractivity (Wildman–Crippen MR) is 161 cm³/mol. The number of rotatable bonds is 25. The van der Waals surface area contributed by atoms with Crippen LogP contribution in [-0.2, 0) is 12.8 Å². The molecular formula is C33H58O6. The Labute approximate surface area is 238 Å². The van der Waals surface area contributed by atoms with Gasteiger partial charge >= 0.3 is 6.16 Å². The van der Waals surface area contributed by atoms with E-state index in [1.54, 1.807) is 0 Å². The first-order valence-corrected chi connectivity index (χ1v) is 16.1. The van der Waals surface area contributed by atoms with Gasteiger partial charge in [-0.15, -0.1) is 0 Å².